The molecule has 0 radical (unpaired) electrons. The van der Waals surface area contributed by atoms with Gasteiger partial charge >= 0.3 is 12.2 Å². The second kappa shape index (κ2) is 7.71. The molecule has 1 saturated heterocycles. The molecule has 1 unspecified atom stereocenters. The molecule has 1 aliphatic heterocycles. The number of rotatable bonds is 3. The van der Waals surface area contributed by atoms with Gasteiger partial charge in [0.05, 0.1) is 12.2 Å². The fourth-order valence-corrected chi connectivity index (χ4v) is 3.69. The maximum atomic E-state index is 13.5. The molecule has 1 spiro atoms. The van der Waals surface area contributed by atoms with E-state index in [1.165, 1.54) is 12.1 Å². The van der Waals surface area contributed by atoms with Crippen molar-refractivity contribution in [3.63, 3.8) is 0 Å². The van der Waals surface area contributed by atoms with E-state index in [1.54, 1.807) is 53.7 Å². The average molecular weight is 417 g/mol. The monoisotopic (exact) mass is 417 g/mol. The fraction of sp³-hybridized carbons (Fsp3) is 0.524. The van der Waals surface area contributed by atoms with Crippen LogP contribution >= 0.6 is 0 Å². The van der Waals surface area contributed by atoms with Gasteiger partial charge in [0.25, 0.3) is 0 Å². The average Bonchev–Trinajstić information content (AvgIpc) is 3.12. The number of ketones is 2. The molecule has 1 aromatic carbocycles. The normalized spacial score (nSPS) is 20.0. The Morgan fingerprint density at radius 3 is 1.80 bits per heavy atom. The molecule has 0 bridgehead atoms. The van der Waals surface area contributed by atoms with Gasteiger partial charge in [-0.25, -0.2) is 9.59 Å². The molecule has 3 rings (SSSR count). The lowest BCUT2D eigenvalue weighted by Gasteiger charge is -2.35. The number of nitrogens with zero attached hydrogens (tertiary/aromatic N) is 2. The Balaban J connectivity index is 2.19. The van der Waals surface area contributed by atoms with Crippen molar-refractivity contribution in [1.82, 2.24) is 15.3 Å². The van der Waals surface area contributed by atoms with Crippen molar-refractivity contribution in [2.24, 2.45) is 5.92 Å². The van der Waals surface area contributed by atoms with Crippen molar-refractivity contribution in [3.05, 3.63) is 35.4 Å². The Bertz CT molecular complexity index is 859. The number of carbonyl (C=O) groups excluding carboxylic acids is 4. The molecule has 1 heterocycles. The van der Waals surface area contributed by atoms with Gasteiger partial charge in [-0.2, -0.15) is 10.0 Å². The van der Waals surface area contributed by atoms with Gasteiger partial charge in [-0.3, -0.25) is 14.9 Å². The molecular weight excluding hydrogens is 390 g/mol. The highest BCUT2D eigenvalue weighted by Gasteiger charge is 2.68. The highest BCUT2D eigenvalue weighted by Crippen LogP contribution is 2.40. The number of hydrogen-bond acceptors (Lipinski definition) is 7. The number of fused-ring (bicyclic) bond motifs is 1. The summed E-state index contributed by atoms with van der Waals surface area (Å²) in [4.78, 5) is 53.1. The number of benzene rings is 1. The first-order valence-corrected chi connectivity index (χ1v) is 9.99. The summed E-state index contributed by atoms with van der Waals surface area (Å²) in [5.41, 5.74) is -1.75. The molecule has 1 atom stereocenters. The van der Waals surface area contributed by atoms with E-state index in [0.717, 1.165) is 10.0 Å². The zero-order valence-electron chi connectivity index (χ0n) is 18.0. The van der Waals surface area contributed by atoms with E-state index in [9.17, 15) is 19.2 Å². The van der Waals surface area contributed by atoms with Crippen LogP contribution in [0.1, 0.15) is 62.3 Å². The van der Waals surface area contributed by atoms with E-state index in [1.807, 2.05) is 0 Å². The third-order valence-electron chi connectivity index (χ3n) is 4.89. The van der Waals surface area contributed by atoms with Gasteiger partial charge in [0.2, 0.25) is 17.2 Å². The van der Waals surface area contributed by atoms with Crippen molar-refractivity contribution in [3.8, 4) is 0 Å². The van der Waals surface area contributed by atoms with Crippen molar-refractivity contribution in [2.75, 3.05) is 0 Å². The number of carbonyl (C=O) groups is 4. The van der Waals surface area contributed by atoms with Gasteiger partial charge in [-0.15, -0.1) is 0 Å². The molecule has 0 aromatic heterocycles. The number of ether oxygens (including phenoxy) is 2. The van der Waals surface area contributed by atoms with Crippen LogP contribution in [0.25, 0.3) is 0 Å². The Kier molecular flexibility index (Phi) is 5.60. The number of hydrogen-bond donors (Lipinski definition) is 1. The minimum Gasteiger partial charge on any atom is -0.445 e. The molecule has 1 fully saturated rings. The topological polar surface area (TPSA) is 105 Å². The summed E-state index contributed by atoms with van der Waals surface area (Å²) in [6.45, 7) is 10.2. The van der Waals surface area contributed by atoms with Crippen LogP contribution in [0.5, 0.6) is 0 Å². The van der Waals surface area contributed by atoms with Gasteiger partial charge in [0.15, 0.2) is 0 Å². The molecule has 9 heteroatoms. The van der Waals surface area contributed by atoms with Crippen molar-refractivity contribution >= 4 is 23.8 Å². The lowest BCUT2D eigenvalue weighted by atomic mass is 10.0. The summed E-state index contributed by atoms with van der Waals surface area (Å²) in [5.74, 6) is -1.49. The molecule has 2 amide bonds. The number of amides is 2. The first-order valence-electron chi connectivity index (χ1n) is 9.99. The van der Waals surface area contributed by atoms with Crippen LogP contribution in [0.15, 0.2) is 24.3 Å². The number of Topliss-reactive ketones (excluding diaryl/α,β-unsaturated/α-hetero) is 2. The predicted octanol–water partition coefficient (Wildman–Crippen LogP) is 2.96. The maximum Gasteiger partial charge on any atom is 0.431 e. The quantitative estimate of drug-likeness (QED) is 0.754. The highest BCUT2D eigenvalue weighted by molar-refractivity contribution is 6.33. The SMILES string of the molecule is CC(C)OC(=O)N1C(C(C)C)NC2(C(=O)c3ccccc3C2=O)N1C(=O)OC(C)C. The molecule has 2 aliphatic rings. The molecule has 162 valence electrons. The van der Waals surface area contributed by atoms with Crippen LogP contribution in [-0.4, -0.2) is 57.8 Å². The van der Waals surface area contributed by atoms with E-state index in [2.05, 4.69) is 5.32 Å². The largest absolute Gasteiger partial charge is 0.445 e. The van der Waals surface area contributed by atoms with E-state index in [0.29, 0.717) is 0 Å². The summed E-state index contributed by atoms with van der Waals surface area (Å²) in [6.07, 6.45) is -3.71. The van der Waals surface area contributed by atoms with E-state index >= 15 is 0 Å². The summed E-state index contributed by atoms with van der Waals surface area (Å²) in [5, 5.41) is 4.77. The minimum absolute atomic E-state index is 0.180. The molecule has 1 N–H and O–H groups in total. The zero-order chi connectivity index (χ0) is 22.4. The standard InChI is InChI=1S/C21H27N3O6/c1-11(2)18-22-21(16(25)14-9-7-8-10-15(14)17(21)26)24(20(28)30-13(5)6)23(18)19(27)29-12(3)4/h7-13,18,22H,1-6H3. The first-order chi connectivity index (χ1) is 14.0. The summed E-state index contributed by atoms with van der Waals surface area (Å²) < 4.78 is 10.6. The second-order valence-electron chi connectivity index (χ2n) is 8.27. The minimum atomic E-state index is -2.11. The van der Waals surface area contributed by atoms with Gasteiger partial charge in [-0.1, -0.05) is 38.1 Å². The van der Waals surface area contributed by atoms with Gasteiger partial charge < -0.3 is 9.47 Å². The van der Waals surface area contributed by atoms with Crippen LogP contribution in [0.3, 0.4) is 0 Å². The highest BCUT2D eigenvalue weighted by atomic mass is 16.6. The molecule has 1 aliphatic carbocycles. The van der Waals surface area contributed by atoms with E-state index in [-0.39, 0.29) is 17.0 Å². The Morgan fingerprint density at radius 1 is 0.900 bits per heavy atom. The molecule has 1 aromatic rings. The Labute approximate surface area is 175 Å². The zero-order valence-corrected chi connectivity index (χ0v) is 18.0. The summed E-state index contributed by atoms with van der Waals surface area (Å²) in [6, 6.07) is 6.33. The third kappa shape index (κ3) is 3.23. The van der Waals surface area contributed by atoms with Crippen molar-refractivity contribution < 1.29 is 28.7 Å². The van der Waals surface area contributed by atoms with Crippen LogP contribution in [0, 0.1) is 5.92 Å². The van der Waals surface area contributed by atoms with E-state index in [4.69, 9.17) is 9.47 Å². The van der Waals surface area contributed by atoms with Crippen LogP contribution in [0.4, 0.5) is 9.59 Å². The lowest BCUT2D eigenvalue weighted by Crippen LogP contribution is -2.64. The van der Waals surface area contributed by atoms with Crippen LogP contribution in [-0.2, 0) is 9.47 Å². The van der Waals surface area contributed by atoms with Crippen molar-refractivity contribution in [2.45, 2.75) is 65.6 Å². The van der Waals surface area contributed by atoms with E-state index < -0.39 is 47.8 Å². The second-order valence-corrected chi connectivity index (χ2v) is 8.27. The van der Waals surface area contributed by atoms with Crippen LogP contribution < -0.4 is 5.32 Å². The molecule has 9 nitrogen and oxygen atoms in total. The van der Waals surface area contributed by atoms with Gasteiger partial charge in [-0.05, 0) is 33.6 Å². The van der Waals surface area contributed by atoms with Crippen LogP contribution in [0.2, 0.25) is 0 Å². The summed E-state index contributed by atoms with van der Waals surface area (Å²) >= 11 is 0. The predicted molar refractivity (Wildman–Crippen MR) is 107 cm³/mol. The molecular formula is C21H27N3O6. The molecule has 30 heavy (non-hydrogen) atoms. The maximum absolute atomic E-state index is 13.5. The first kappa shape index (κ1) is 21.8. The summed E-state index contributed by atoms with van der Waals surface area (Å²) in [7, 11) is 0. The number of hydrazine groups is 1. The third-order valence-corrected chi connectivity index (χ3v) is 4.89. The van der Waals surface area contributed by atoms with Crippen molar-refractivity contribution in [1.29, 1.82) is 0 Å². The van der Waals surface area contributed by atoms with Gasteiger partial charge in [0.1, 0.15) is 6.17 Å². The smallest absolute Gasteiger partial charge is 0.431 e. The lowest BCUT2D eigenvalue weighted by molar-refractivity contribution is -0.0503. The van der Waals surface area contributed by atoms with Gasteiger partial charge in [0, 0.05) is 11.1 Å². The Hall–Kier alpha value is -2.94. The molecule has 0 saturated carbocycles. The number of nitrogens with one attached hydrogen (secondary N) is 1. The fourth-order valence-electron chi connectivity index (χ4n) is 3.69. The Morgan fingerprint density at radius 2 is 1.37 bits per heavy atom.